The van der Waals surface area contributed by atoms with Crippen LogP contribution in [0, 0.1) is 0 Å². The molecule has 0 aromatic heterocycles. The number of unbranched alkanes of at least 4 members (excludes halogenated alkanes) is 11. The monoisotopic (exact) mass is 350 g/mol. The van der Waals surface area contributed by atoms with E-state index in [0.29, 0.717) is 6.42 Å². The van der Waals surface area contributed by atoms with E-state index in [1.165, 1.54) is 44.9 Å². The molecule has 0 saturated carbocycles. The molecule has 140 valence electrons. The minimum atomic E-state index is -3.79. The van der Waals surface area contributed by atoms with E-state index in [2.05, 4.69) is 6.92 Å². The zero-order chi connectivity index (χ0) is 17.4. The predicted molar refractivity (Wildman–Crippen MR) is 97.4 cm³/mol. The first kappa shape index (κ1) is 22.9. The summed E-state index contributed by atoms with van der Waals surface area (Å²) in [6.45, 7) is 2.24. The summed E-state index contributed by atoms with van der Waals surface area (Å²) in [4.78, 5) is 0. The van der Waals surface area contributed by atoms with Crippen LogP contribution in [-0.2, 0) is 10.1 Å². The Labute approximate surface area is 143 Å². The number of aliphatic hydroxyl groups is 1. The van der Waals surface area contributed by atoms with Gasteiger partial charge < -0.3 is 5.11 Å². The lowest BCUT2D eigenvalue weighted by Crippen LogP contribution is -2.06. The van der Waals surface area contributed by atoms with Crippen molar-refractivity contribution in [2.75, 3.05) is 5.75 Å². The highest BCUT2D eigenvalue weighted by atomic mass is 32.2. The molecular formula is C18H38O4S. The van der Waals surface area contributed by atoms with Crippen molar-refractivity contribution in [2.24, 2.45) is 0 Å². The molecule has 0 aliphatic carbocycles. The van der Waals surface area contributed by atoms with Crippen LogP contribution in [0.25, 0.3) is 0 Å². The van der Waals surface area contributed by atoms with Gasteiger partial charge in [-0.05, 0) is 19.3 Å². The van der Waals surface area contributed by atoms with Gasteiger partial charge in [0, 0.05) is 0 Å². The smallest absolute Gasteiger partial charge is 0.264 e. The van der Waals surface area contributed by atoms with Gasteiger partial charge in [-0.1, -0.05) is 84.0 Å². The van der Waals surface area contributed by atoms with E-state index in [9.17, 15) is 13.5 Å². The van der Waals surface area contributed by atoms with Crippen LogP contribution >= 0.6 is 0 Å². The fourth-order valence-corrected chi connectivity index (χ4v) is 3.42. The normalized spacial score (nSPS) is 13.3. The van der Waals surface area contributed by atoms with Crippen molar-refractivity contribution in [1.82, 2.24) is 0 Å². The molecule has 0 heterocycles. The molecule has 1 unspecified atom stereocenters. The van der Waals surface area contributed by atoms with Gasteiger partial charge in [0.25, 0.3) is 10.1 Å². The maximum absolute atomic E-state index is 10.5. The minimum absolute atomic E-state index is 0.131. The topological polar surface area (TPSA) is 74.6 Å². The summed E-state index contributed by atoms with van der Waals surface area (Å²) in [7, 11) is -3.79. The molecule has 4 nitrogen and oxygen atoms in total. The minimum Gasteiger partial charge on any atom is -0.393 e. The van der Waals surface area contributed by atoms with E-state index in [-0.39, 0.29) is 11.9 Å². The van der Waals surface area contributed by atoms with Crippen LogP contribution in [-0.4, -0.2) is 29.9 Å². The molecule has 0 aromatic carbocycles. The third-order valence-electron chi connectivity index (χ3n) is 4.33. The molecule has 0 rings (SSSR count). The van der Waals surface area contributed by atoms with E-state index in [1.807, 2.05) is 0 Å². The van der Waals surface area contributed by atoms with Crippen molar-refractivity contribution in [2.45, 2.75) is 109 Å². The second kappa shape index (κ2) is 15.4. The first-order valence-corrected chi connectivity index (χ1v) is 11.2. The van der Waals surface area contributed by atoms with Gasteiger partial charge in [0.1, 0.15) is 0 Å². The zero-order valence-electron chi connectivity index (χ0n) is 15.0. The Balaban J connectivity index is 3.23. The van der Waals surface area contributed by atoms with Gasteiger partial charge in [-0.25, -0.2) is 0 Å². The molecule has 0 fully saturated rings. The van der Waals surface area contributed by atoms with Gasteiger partial charge in [0.2, 0.25) is 0 Å². The van der Waals surface area contributed by atoms with Crippen molar-refractivity contribution in [1.29, 1.82) is 0 Å². The van der Waals surface area contributed by atoms with E-state index >= 15 is 0 Å². The van der Waals surface area contributed by atoms with Crippen LogP contribution in [0.2, 0.25) is 0 Å². The van der Waals surface area contributed by atoms with E-state index in [1.54, 1.807) is 0 Å². The summed E-state index contributed by atoms with van der Waals surface area (Å²) in [5.41, 5.74) is 0. The molecule has 0 saturated heterocycles. The Hall–Kier alpha value is -0.130. The molecule has 0 aliphatic heterocycles. The molecule has 1 atom stereocenters. The summed E-state index contributed by atoms with van der Waals surface area (Å²) in [5, 5.41) is 9.92. The SMILES string of the molecule is CCCCCCCCCCC(O)CCCCCCCS(=O)(=O)O. The van der Waals surface area contributed by atoms with Gasteiger partial charge >= 0.3 is 0 Å². The summed E-state index contributed by atoms with van der Waals surface area (Å²) in [6.07, 6.45) is 16.3. The molecule has 23 heavy (non-hydrogen) atoms. The highest BCUT2D eigenvalue weighted by Crippen LogP contribution is 2.14. The predicted octanol–water partition coefficient (Wildman–Crippen LogP) is 5.11. The first-order chi connectivity index (χ1) is 11.0. The third kappa shape index (κ3) is 19.8. The van der Waals surface area contributed by atoms with Crippen LogP contribution in [0.5, 0.6) is 0 Å². The largest absolute Gasteiger partial charge is 0.393 e. The molecule has 0 spiro atoms. The molecule has 0 aliphatic rings. The van der Waals surface area contributed by atoms with Gasteiger partial charge in [0.05, 0.1) is 11.9 Å². The van der Waals surface area contributed by atoms with Crippen LogP contribution in [0.15, 0.2) is 0 Å². The number of hydrogen-bond donors (Lipinski definition) is 2. The van der Waals surface area contributed by atoms with Crippen molar-refractivity contribution in [3.05, 3.63) is 0 Å². The molecule has 2 N–H and O–H groups in total. The average molecular weight is 351 g/mol. The van der Waals surface area contributed by atoms with Crippen molar-refractivity contribution < 1.29 is 18.1 Å². The van der Waals surface area contributed by atoms with Crippen molar-refractivity contribution in [3.63, 3.8) is 0 Å². The Morgan fingerprint density at radius 3 is 1.52 bits per heavy atom. The Morgan fingerprint density at radius 2 is 1.09 bits per heavy atom. The summed E-state index contributed by atoms with van der Waals surface area (Å²) in [6, 6.07) is 0. The standard InChI is InChI=1S/C18H38O4S/c1-2-3-4-5-6-7-9-12-15-18(19)16-13-10-8-11-14-17-23(20,21)22/h18-19H,2-17H2,1H3,(H,20,21,22). The fraction of sp³-hybridized carbons (Fsp3) is 1.00. The molecule has 0 radical (unpaired) electrons. The maximum Gasteiger partial charge on any atom is 0.264 e. The van der Waals surface area contributed by atoms with Crippen molar-refractivity contribution >= 4 is 10.1 Å². The van der Waals surface area contributed by atoms with E-state index < -0.39 is 10.1 Å². The second-order valence-electron chi connectivity index (χ2n) is 6.76. The van der Waals surface area contributed by atoms with E-state index in [0.717, 1.165) is 44.9 Å². The second-order valence-corrected chi connectivity index (χ2v) is 8.33. The van der Waals surface area contributed by atoms with Crippen LogP contribution in [0.3, 0.4) is 0 Å². The lowest BCUT2D eigenvalue weighted by atomic mass is 10.0. The Kier molecular flexibility index (Phi) is 15.3. The van der Waals surface area contributed by atoms with Gasteiger partial charge in [0.15, 0.2) is 0 Å². The quantitative estimate of drug-likeness (QED) is 0.282. The molecule has 0 amide bonds. The molecule has 0 bridgehead atoms. The highest BCUT2D eigenvalue weighted by molar-refractivity contribution is 7.85. The van der Waals surface area contributed by atoms with Gasteiger partial charge in [-0.3, -0.25) is 4.55 Å². The summed E-state index contributed by atoms with van der Waals surface area (Å²) >= 11 is 0. The van der Waals surface area contributed by atoms with Crippen molar-refractivity contribution in [3.8, 4) is 0 Å². The van der Waals surface area contributed by atoms with Crippen LogP contribution < -0.4 is 0 Å². The van der Waals surface area contributed by atoms with E-state index in [4.69, 9.17) is 4.55 Å². The highest BCUT2D eigenvalue weighted by Gasteiger charge is 2.05. The number of aliphatic hydroxyl groups excluding tert-OH is 1. The first-order valence-electron chi connectivity index (χ1n) is 9.59. The Bertz CT molecular complexity index is 341. The lowest BCUT2D eigenvalue weighted by Gasteiger charge is -2.10. The fourth-order valence-electron chi connectivity index (χ4n) is 2.85. The summed E-state index contributed by atoms with van der Waals surface area (Å²) < 4.78 is 29.7. The summed E-state index contributed by atoms with van der Waals surface area (Å²) in [5.74, 6) is -0.131. The van der Waals surface area contributed by atoms with Crippen LogP contribution in [0.4, 0.5) is 0 Å². The molecular weight excluding hydrogens is 312 g/mol. The molecule has 5 heteroatoms. The van der Waals surface area contributed by atoms with Crippen LogP contribution in [0.1, 0.15) is 103 Å². The lowest BCUT2D eigenvalue weighted by molar-refractivity contribution is 0.147. The number of rotatable bonds is 17. The van der Waals surface area contributed by atoms with Gasteiger partial charge in [-0.15, -0.1) is 0 Å². The number of hydrogen-bond acceptors (Lipinski definition) is 3. The van der Waals surface area contributed by atoms with Gasteiger partial charge in [-0.2, -0.15) is 8.42 Å². The maximum atomic E-state index is 10.5. The molecule has 0 aromatic rings. The third-order valence-corrected chi connectivity index (χ3v) is 5.14. The Morgan fingerprint density at radius 1 is 0.696 bits per heavy atom. The zero-order valence-corrected chi connectivity index (χ0v) is 15.8. The average Bonchev–Trinajstić information content (AvgIpc) is 2.48.